The summed E-state index contributed by atoms with van der Waals surface area (Å²) in [6, 6.07) is 1.03. The topological polar surface area (TPSA) is 70.1 Å². The number of nitro groups is 1. The average molecular weight is 189 g/mol. The van der Waals surface area contributed by atoms with Crippen molar-refractivity contribution in [1.82, 2.24) is 0 Å². The molecule has 0 amide bonds. The van der Waals surface area contributed by atoms with Crippen LogP contribution in [0.2, 0.25) is 5.15 Å². The van der Waals surface area contributed by atoms with Crippen LogP contribution in [0.15, 0.2) is 12.3 Å². The van der Waals surface area contributed by atoms with Gasteiger partial charge in [0.25, 0.3) is 10.8 Å². The summed E-state index contributed by atoms with van der Waals surface area (Å²) in [7, 11) is 0. The second-order valence-electron chi connectivity index (χ2n) is 2.25. The Hall–Kier alpha value is -1.36. The van der Waals surface area contributed by atoms with Gasteiger partial charge in [-0.3, -0.25) is 10.1 Å². The number of rotatable bonds is 1. The maximum absolute atomic E-state index is 10.8. The minimum atomic E-state index is -0.582. The van der Waals surface area contributed by atoms with Gasteiger partial charge >= 0.3 is 0 Å². The molecule has 0 spiro atoms. The standard InChI is InChI=1S/C6H5ClN2O3/c1-4-3-8(10)6(7)2-5(4)9(11)12/h2-3H,1H3. The predicted octanol–water partition coefficient (Wildman–Crippen LogP) is 1.19. The third kappa shape index (κ3) is 1.45. The van der Waals surface area contributed by atoms with Crippen LogP contribution in [0.5, 0.6) is 0 Å². The molecule has 0 aliphatic heterocycles. The maximum atomic E-state index is 10.8. The molecule has 0 atom stereocenters. The number of halogens is 1. The number of hydrogen-bond acceptors (Lipinski definition) is 3. The molecule has 0 N–H and O–H groups in total. The molecule has 0 aliphatic carbocycles. The molecule has 1 aromatic heterocycles. The van der Waals surface area contributed by atoms with E-state index < -0.39 is 4.92 Å². The summed E-state index contributed by atoms with van der Waals surface area (Å²) in [5.41, 5.74) is 0.145. The second kappa shape index (κ2) is 2.94. The SMILES string of the molecule is Cc1c[n+]([O-])c(Cl)cc1[N+](=O)[O-]. The molecule has 1 heterocycles. The van der Waals surface area contributed by atoms with Crippen LogP contribution in [0, 0.1) is 22.2 Å². The fraction of sp³-hybridized carbons (Fsp3) is 0.167. The summed E-state index contributed by atoms with van der Waals surface area (Å²) in [4.78, 5) is 9.74. The zero-order valence-electron chi connectivity index (χ0n) is 6.15. The van der Waals surface area contributed by atoms with Crippen LogP contribution in [0.1, 0.15) is 5.56 Å². The van der Waals surface area contributed by atoms with Crippen molar-refractivity contribution >= 4 is 17.3 Å². The van der Waals surface area contributed by atoms with Gasteiger partial charge in [0.2, 0.25) is 0 Å². The van der Waals surface area contributed by atoms with E-state index in [0.717, 1.165) is 12.3 Å². The Balaban J connectivity index is 3.33. The Morgan fingerprint density at radius 3 is 2.75 bits per heavy atom. The van der Waals surface area contributed by atoms with E-state index in [0.29, 0.717) is 10.3 Å². The number of nitrogens with zero attached hydrogens (tertiary/aromatic N) is 2. The molecule has 0 unspecified atom stereocenters. The normalized spacial score (nSPS) is 9.83. The highest BCUT2D eigenvalue weighted by Gasteiger charge is 2.16. The summed E-state index contributed by atoms with van der Waals surface area (Å²) in [5.74, 6) is 0. The van der Waals surface area contributed by atoms with Crippen molar-refractivity contribution in [3.8, 4) is 0 Å². The van der Waals surface area contributed by atoms with Gasteiger partial charge in [0, 0.05) is 0 Å². The second-order valence-corrected chi connectivity index (χ2v) is 2.63. The zero-order valence-corrected chi connectivity index (χ0v) is 6.91. The molecule has 12 heavy (non-hydrogen) atoms. The molecule has 0 fully saturated rings. The van der Waals surface area contributed by atoms with Gasteiger partial charge in [-0.25, -0.2) is 0 Å². The zero-order chi connectivity index (χ0) is 9.30. The number of aryl methyl sites for hydroxylation is 1. The van der Waals surface area contributed by atoms with E-state index >= 15 is 0 Å². The minimum Gasteiger partial charge on any atom is -0.618 e. The number of hydrogen-bond donors (Lipinski definition) is 0. The quantitative estimate of drug-likeness (QED) is 0.219. The summed E-state index contributed by atoms with van der Waals surface area (Å²) in [5, 5.41) is 20.9. The van der Waals surface area contributed by atoms with Crippen LogP contribution in [0.3, 0.4) is 0 Å². The molecule has 64 valence electrons. The molecule has 5 nitrogen and oxygen atoms in total. The smallest absolute Gasteiger partial charge is 0.293 e. The number of aromatic nitrogens is 1. The van der Waals surface area contributed by atoms with Crippen LogP contribution in [0.25, 0.3) is 0 Å². The lowest BCUT2D eigenvalue weighted by Gasteiger charge is -1.99. The van der Waals surface area contributed by atoms with Gasteiger partial charge in [-0.15, -0.1) is 0 Å². The van der Waals surface area contributed by atoms with E-state index in [2.05, 4.69) is 0 Å². The molecule has 0 saturated heterocycles. The fourth-order valence-corrected chi connectivity index (χ4v) is 0.943. The minimum absolute atomic E-state index is 0.146. The van der Waals surface area contributed by atoms with Crippen LogP contribution in [-0.4, -0.2) is 4.92 Å². The lowest BCUT2D eigenvalue weighted by Crippen LogP contribution is -2.27. The fourth-order valence-electron chi connectivity index (χ4n) is 0.791. The summed E-state index contributed by atoms with van der Waals surface area (Å²) >= 11 is 5.38. The van der Waals surface area contributed by atoms with Gasteiger partial charge in [-0.05, 0) is 18.5 Å². The highest BCUT2D eigenvalue weighted by molar-refractivity contribution is 6.28. The van der Waals surface area contributed by atoms with Gasteiger partial charge in [0.1, 0.15) is 6.07 Å². The van der Waals surface area contributed by atoms with Crippen LogP contribution in [0.4, 0.5) is 5.69 Å². The summed E-state index contributed by atoms with van der Waals surface area (Å²) in [6.07, 6.45) is 1.07. The highest BCUT2D eigenvalue weighted by Crippen LogP contribution is 2.18. The number of pyridine rings is 1. The molecule has 6 heteroatoms. The molecule has 1 rings (SSSR count). The van der Waals surface area contributed by atoms with E-state index in [4.69, 9.17) is 11.6 Å². The molecular formula is C6H5ClN2O3. The Labute approximate surface area is 72.9 Å². The first-order chi connectivity index (χ1) is 5.52. The van der Waals surface area contributed by atoms with Crippen LogP contribution >= 0.6 is 11.6 Å². The van der Waals surface area contributed by atoms with Gasteiger partial charge in [-0.1, -0.05) is 0 Å². The Morgan fingerprint density at radius 2 is 2.25 bits per heavy atom. The summed E-state index contributed by atoms with van der Waals surface area (Å²) in [6.45, 7) is 1.48. The van der Waals surface area contributed by atoms with E-state index in [1.165, 1.54) is 6.92 Å². The molecule has 0 radical (unpaired) electrons. The molecule has 0 aliphatic rings. The van der Waals surface area contributed by atoms with Gasteiger partial charge in [0.05, 0.1) is 10.5 Å². The Morgan fingerprint density at radius 1 is 1.67 bits per heavy atom. The van der Waals surface area contributed by atoms with Crippen molar-refractivity contribution in [1.29, 1.82) is 0 Å². The first kappa shape index (κ1) is 8.73. The van der Waals surface area contributed by atoms with Crippen molar-refractivity contribution in [3.63, 3.8) is 0 Å². The summed E-state index contributed by atoms with van der Waals surface area (Å²) < 4.78 is 0.379. The maximum Gasteiger partial charge on any atom is 0.293 e. The molecule has 1 aromatic rings. The van der Waals surface area contributed by atoms with Gasteiger partial charge in [0.15, 0.2) is 6.20 Å². The van der Waals surface area contributed by atoms with E-state index in [-0.39, 0.29) is 10.8 Å². The van der Waals surface area contributed by atoms with E-state index in [1.54, 1.807) is 0 Å². The molecule has 0 aromatic carbocycles. The van der Waals surface area contributed by atoms with Crippen molar-refractivity contribution < 1.29 is 9.65 Å². The van der Waals surface area contributed by atoms with Crippen LogP contribution < -0.4 is 4.73 Å². The monoisotopic (exact) mass is 188 g/mol. The first-order valence-corrected chi connectivity index (χ1v) is 3.44. The van der Waals surface area contributed by atoms with E-state index in [1.807, 2.05) is 0 Å². The average Bonchev–Trinajstić information content (AvgIpc) is 1.96. The van der Waals surface area contributed by atoms with Crippen molar-refractivity contribution in [2.45, 2.75) is 6.92 Å². The van der Waals surface area contributed by atoms with Crippen molar-refractivity contribution in [2.24, 2.45) is 0 Å². The van der Waals surface area contributed by atoms with Crippen molar-refractivity contribution in [2.75, 3.05) is 0 Å². The largest absolute Gasteiger partial charge is 0.618 e. The third-order valence-corrected chi connectivity index (χ3v) is 1.65. The molecular weight excluding hydrogens is 184 g/mol. The van der Waals surface area contributed by atoms with Gasteiger partial charge < -0.3 is 5.21 Å². The van der Waals surface area contributed by atoms with Crippen molar-refractivity contribution in [3.05, 3.63) is 38.3 Å². The lowest BCUT2D eigenvalue weighted by atomic mass is 10.3. The van der Waals surface area contributed by atoms with Crippen LogP contribution in [-0.2, 0) is 0 Å². The van der Waals surface area contributed by atoms with Gasteiger partial charge in [-0.2, -0.15) is 4.73 Å². The lowest BCUT2D eigenvalue weighted by molar-refractivity contribution is -0.604. The molecule has 0 saturated carbocycles. The first-order valence-electron chi connectivity index (χ1n) is 3.06. The Kier molecular flexibility index (Phi) is 2.14. The highest BCUT2D eigenvalue weighted by atomic mass is 35.5. The predicted molar refractivity (Wildman–Crippen MR) is 41.8 cm³/mol. The third-order valence-electron chi connectivity index (χ3n) is 1.38. The molecule has 0 bridgehead atoms. The van der Waals surface area contributed by atoms with E-state index in [9.17, 15) is 15.3 Å². The Bertz CT molecular complexity index is 340.